The summed E-state index contributed by atoms with van der Waals surface area (Å²) in [6, 6.07) is 11.7. The molecule has 8 nitrogen and oxygen atoms in total. The van der Waals surface area contributed by atoms with E-state index in [-0.39, 0.29) is 11.6 Å². The van der Waals surface area contributed by atoms with E-state index in [0.29, 0.717) is 23.7 Å². The SMILES string of the molecule is C=N/C(C)=C\C=C/CCNS(O)(O)c1cccc2c(N(C)C)cccc12.CC.CC1=NC(C)C(C)(C)N1O. The summed E-state index contributed by atoms with van der Waals surface area (Å²) in [5, 5.41) is 12.5. The zero-order valence-electron chi connectivity index (χ0n) is 24.4. The summed E-state index contributed by atoms with van der Waals surface area (Å²) < 4.78 is 24.2. The van der Waals surface area contributed by atoms with Crippen molar-refractivity contribution in [3.8, 4) is 0 Å². The van der Waals surface area contributed by atoms with Crippen LogP contribution in [-0.4, -0.2) is 64.1 Å². The number of hydrogen-bond donors (Lipinski definition) is 4. The molecule has 4 N–H and O–H groups in total. The molecule has 1 aliphatic heterocycles. The van der Waals surface area contributed by atoms with Crippen LogP contribution in [0.5, 0.6) is 0 Å². The van der Waals surface area contributed by atoms with Crippen molar-refractivity contribution in [2.45, 2.75) is 71.4 Å². The van der Waals surface area contributed by atoms with Crippen LogP contribution in [0, 0.1) is 0 Å². The molecule has 0 radical (unpaired) electrons. The summed E-state index contributed by atoms with van der Waals surface area (Å²) in [4.78, 5) is 10.6. The Morgan fingerprint density at radius 3 is 2.29 bits per heavy atom. The number of rotatable bonds is 8. The predicted molar refractivity (Wildman–Crippen MR) is 166 cm³/mol. The normalized spacial score (nSPS) is 17.4. The van der Waals surface area contributed by atoms with Crippen molar-refractivity contribution < 1.29 is 14.3 Å². The van der Waals surface area contributed by atoms with Crippen molar-refractivity contribution in [3.05, 3.63) is 60.3 Å². The van der Waals surface area contributed by atoms with E-state index in [4.69, 9.17) is 0 Å². The number of hydroxylamine groups is 2. The Labute approximate surface area is 230 Å². The average molecular weight is 546 g/mol. The molecule has 0 amide bonds. The number of amidine groups is 1. The molecule has 0 spiro atoms. The van der Waals surface area contributed by atoms with Crippen LogP contribution in [0.25, 0.3) is 10.8 Å². The summed E-state index contributed by atoms with van der Waals surface area (Å²) in [5.74, 6) is 0.706. The van der Waals surface area contributed by atoms with Crippen molar-refractivity contribution >= 4 is 39.8 Å². The second-order valence-corrected chi connectivity index (χ2v) is 11.3. The van der Waals surface area contributed by atoms with Gasteiger partial charge in [-0.2, -0.15) is 0 Å². The van der Waals surface area contributed by atoms with E-state index in [0.717, 1.165) is 22.2 Å². The van der Waals surface area contributed by atoms with Crippen molar-refractivity contribution in [2.75, 3.05) is 25.5 Å². The van der Waals surface area contributed by atoms with Crippen LogP contribution in [0.2, 0.25) is 0 Å². The maximum absolute atomic E-state index is 10.7. The van der Waals surface area contributed by atoms with Gasteiger partial charge in [0.25, 0.3) is 0 Å². The van der Waals surface area contributed by atoms with Gasteiger partial charge in [-0.1, -0.05) is 50.3 Å². The third-order valence-electron chi connectivity index (χ3n) is 6.24. The van der Waals surface area contributed by atoms with E-state index < -0.39 is 10.8 Å². The van der Waals surface area contributed by atoms with E-state index >= 15 is 0 Å². The summed E-state index contributed by atoms with van der Waals surface area (Å²) >= 11 is 0. The molecular weight excluding hydrogens is 498 g/mol. The Morgan fingerprint density at radius 1 is 1.18 bits per heavy atom. The van der Waals surface area contributed by atoms with E-state index in [1.54, 1.807) is 6.07 Å². The van der Waals surface area contributed by atoms with E-state index in [1.165, 1.54) is 5.06 Å². The lowest BCUT2D eigenvalue weighted by Crippen LogP contribution is -2.44. The molecule has 0 saturated heterocycles. The number of nitrogens with one attached hydrogen (secondary N) is 1. The van der Waals surface area contributed by atoms with E-state index in [9.17, 15) is 14.3 Å². The largest absolute Gasteiger partial charge is 0.377 e. The maximum Gasteiger partial charge on any atom is 0.121 e. The number of nitrogens with zero attached hydrogens (tertiary/aromatic N) is 4. The highest BCUT2D eigenvalue weighted by Gasteiger charge is 2.38. The first-order valence-electron chi connectivity index (χ1n) is 12.9. The Balaban J connectivity index is 0.000000501. The summed E-state index contributed by atoms with van der Waals surface area (Å²) in [7, 11) is 0.865. The first-order chi connectivity index (χ1) is 17.8. The van der Waals surface area contributed by atoms with Gasteiger partial charge in [0.15, 0.2) is 0 Å². The third-order valence-corrected chi connectivity index (χ3v) is 7.82. The van der Waals surface area contributed by atoms with E-state index in [1.807, 2.05) is 116 Å². The first kappa shape index (κ1) is 33.3. The lowest BCUT2D eigenvalue weighted by Gasteiger charge is -2.34. The van der Waals surface area contributed by atoms with Crippen LogP contribution >= 0.6 is 10.8 Å². The number of hydrogen-bond acceptors (Lipinski definition) is 8. The highest BCUT2D eigenvalue weighted by Crippen LogP contribution is 2.48. The Bertz CT molecular complexity index is 1140. The molecule has 0 saturated carbocycles. The molecule has 1 unspecified atom stereocenters. The van der Waals surface area contributed by atoms with Gasteiger partial charge in [0.2, 0.25) is 0 Å². The minimum Gasteiger partial charge on any atom is -0.377 e. The fourth-order valence-electron chi connectivity index (χ4n) is 3.71. The van der Waals surface area contributed by atoms with Gasteiger partial charge in [-0.25, -0.2) is 9.79 Å². The van der Waals surface area contributed by atoms with Gasteiger partial charge in [-0.05, 0) is 66.0 Å². The summed E-state index contributed by atoms with van der Waals surface area (Å²) in [5.41, 5.74) is 1.65. The van der Waals surface area contributed by atoms with Gasteiger partial charge in [-0.3, -0.25) is 24.3 Å². The topological polar surface area (TPSA) is 104 Å². The molecular formula is C29H47N5O3S. The fraction of sp³-hybridized carbons (Fsp3) is 0.448. The number of anilines is 1. The highest BCUT2D eigenvalue weighted by molar-refractivity contribution is 8.22. The number of fused-ring (bicyclic) bond motifs is 1. The zero-order chi connectivity index (χ0) is 29.1. The van der Waals surface area contributed by atoms with E-state index in [2.05, 4.69) is 21.4 Å². The lowest BCUT2D eigenvalue weighted by molar-refractivity contribution is -0.0868. The number of benzene rings is 2. The van der Waals surface area contributed by atoms with Gasteiger partial charge < -0.3 is 4.90 Å². The molecule has 38 heavy (non-hydrogen) atoms. The monoisotopic (exact) mass is 545 g/mol. The Kier molecular flexibility index (Phi) is 13.2. The van der Waals surface area contributed by atoms with Crippen molar-refractivity contribution in [1.29, 1.82) is 0 Å². The Morgan fingerprint density at radius 2 is 1.79 bits per heavy atom. The molecule has 0 fully saturated rings. The second-order valence-electron chi connectivity index (χ2n) is 9.47. The molecule has 1 atom stereocenters. The van der Waals surface area contributed by atoms with Gasteiger partial charge in [0, 0.05) is 42.8 Å². The molecule has 9 heteroatoms. The standard InChI is InChI=1S/C20H27N3O2S.C7H14N2O.C2H6/c1-16(21-2)10-6-5-7-15-22-26(24,25)20-14-9-11-17-18(20)12-8-13-19(17)23(3)4;1-5-7(3,4)9(10)6(2)8-5;1-2/h5-6,8-14,22,24-25H,2,7,15H2,1,3-4H3;5,10H,1-4H3;1-2H3/b6-5-,16-10-;;. The molecule has 0 aromatic heterocycles. The summed E-state index contributed by atoms with van der Waals surface area (Å²) in [6.07, 6.45) is 6.37. The molecule has 0 aliphatic carbocycles. The third kappa shape index (κ3) is 8.68. The molecule has 1 aliphatic rings. The quantitative estimate of drug-likeness (QED) is 0.157. The fourth-order valence-corrected chi connectivity index (χ4v) is 5.02. The van der Waals surface area contributed by atoms with Gasteiger partial charge in [-0.15, -0.1) is 10.8 Å². The molecule has 0 bridgehead atoms. The highest BCUT2D eigenvalue weighted by atomic mass is 32.3. The molecule has 2 aromatic rings. The predicted octanol–water partition coefficient (Wildman–Crippen LogP) is 7.37. The summed E-state index contributed by atoms with van der Waals surface area (Å²) in [6.45, 7) is 17.5. The minimum atomic E-state index is -3.08. The smallest absolute Gasteiger partial charge is 0.121 e. The van der Waals surface area contributed by atoms with Crippen molar-refractivity contribution in [1.82, 2.24) is 9.79 Å². The van der Waals surface area contributed by atoms with Crippen LogP contribution < -0.4 is 9.62 Å². The maximum atomic E-state index is 10.7. The van der Waals surface area contributed by atoms with Crippen LogP contribution in [0.3, 0.4) is 0 Å². The van der Waals surface area contributed by atoms with Gasteiger partial charge in [0.05, 0.1) is 16.5 Å². The molecule has 1 heterocycles. The lowest BCUT2D eigenvalue weighted by atomic mass is 9.98. The van der Waals surface area contributed by atoms with Crippen LogP contribution in [0.15, 0.2) is 75.2 Å². The van der Waals surface area contributed by atoms with Crippen LogP contribution in [0.4, 0.5) is 5.69 Å². The first-order valence-corrected chi connectivity index (χ1v) is 14.4. The van der Waals surface area contributed by atoms with Gasteiger partial charge >= 0.3 is 0 Å². The molecule has 3 rings (SSSR count). The van der Waals surface area contributed by atoms with Crippen LogP contribution in [0.1, 0.15) is 54.9 Å². The van der Waals surface area contributed by atoms with Gasteiger partial charge in [0.1, 0.15) is 5.84 Å². The van der Waals surface area contributed by atoms with Crippen molar-refractivity contribution in [2.24, 2.45) is 9.98 Å². The average Bonchev–Trinajstić information content (AvgIpc) is 3.07. The Hall–Kier alpha value is -2.69. The van der Waals surface area contributed by atoms with Crippen LogP contribution in [-0.2, 0) is 0 Å². The molecule has 2 aromatic carbocycles. The molecule has 212 valence electrons. The second kappa shape index (κ2) is 15.0. The van der Waals surface area contributed by atoms with Crippen molar-refractivity contribution in [3.63, 3.8) is 0 Å². The minimum absolute atomic E-state index is 0.178. The zero-order valence-corrected chi connectivity index (χ0v) is 25.3. The number of aliphatic imine (C=N–C) groups is 2. The number of allylic oxidation sites excluding steroid dienone is 3.